The maximum atomic E-state index is 9.30. The van der Waals surface area contributed by atoms with E-state index in [2.05, 4.69) is 17.0 Å². The van der Waals surface area contributed by atoms with E-state index >= 15 is 0 Å². The second-order valence-corrected chi connectivity index (χ2v) is 5.03. The SMILES string of the molecule is OC[C@@H]1CCCN1CC1Cc2ccccc2O1. The number of fused-ring (bicyclic) bond motifs is 1. The summed E-state index contributed by atoms with van der Waals surface area (Å²) in [6.07, 6.45) is 3.59. The summed E-state index contributed by atoms with van der Waals surface area (Å²) in [7, 11) is 0. The van der Waals surface area contributed by atoms with Crippen molar-refractivity contribution in [1.82, 2.24) is 4.90 Å². The van der Waals surface area contributed by atoms with Gasteiger partial charge in [-0.3, -0.25) is 4.90 Å². The van der Waals surface area contributed by atoms with Gasteiger partial charge in [-0.15, -0.1) is 0 Å². The lowest BCUT2D eigenvalue weighted by Gasteiger charge is -2.25. The predicted molar refractivity (Wildman–Crippen MR) is 66.2 cm³/mol. The van der Waals surface area contributed by atoms with Crippen LogP contribution < -0.4 is 4.74 Å². The molecule has 0 amide bonds. The van der Waals surface area contributed by atoms with Gasteiger partial charge in [0.1, 0.15) is 11.9 Å². The second-order valence-electron chi connectivity index (χ2n) is 5.03. The van der Waals surface area contributed by atoms with Gasteiger partial charge in [-0.25, -0.2) is 0 Å². The molecule has 2 aliphatic heterocycles. The van der Waals surface area contributed by atoms with Crippen molar-refractivity contribution in [1.29, 1.82) is 0 Å². The van der Waals surface area contributed by atoms with Gasteiger partial charge in [0.15, 0.2) is 0 Å². The van der Waals surface area contributed by atoms with Crippen LogP contribution in [0.5, 0.6) is 5.75 Å². The number of aliphatic hydroxyl groups excluding tert-OH is 1. The Morgan fingerprint density at radius 3 is 3.06 bits per heavy atom. The summed E-state index contributed by atoms with van der Waals surface area (Å²) in [6, 6.07) is 8.62. The van der Waals surface area contributed by atoms with Crippen LogP contribution in [-0.2, 0) is 6.42 Å². The number of para-hydroxylation sites is 1. The summed E-state index contributed by atoms with van der Waals surface area (Å²) in [5.41, 5.74) is 1.32. The molecule has 1 unspecified atom stereocenters. The van der Waals surface area contributed by atoms with Crippen LogP contribution in [0.25, 0.3) is 0 Å². The Hall–Kier alpha value is -1.06. The Kier molecular flexibility index (Phi) is 3.04. The van der Waals surface area contributed by atoms with Gasteiger partial charge in [-0.05, 0) is 31.0 Å². The lowest BCUT2D eigenvalue weighted by molar-refractivity contribution is 0.109. The van der Waals surface area contributed by atoms with Gasteiger partial charge < -0.3 is 9.84 Å². The van der Waals surface area contributed by atoms with Crippen molar-refractivity contribution >= 4 is 0 Å². The van der Waals surface area contributed by atoms with E-state index < -0.39 is 0 Å². The number of rotatable bonds is 3. The van der Waals surface area contributed by atoms with E-state index in [0.717, 1.165) is 31.7 Å². The molecule has 92 valence electrons. The molecule has 3 rings (SSSR count). The van der Waals surface area contributed by atoms with Crippen molar-refractivity contribution in [3.05, 3.63) is 29.8 Å². The van der Waals surface area contributed by atoms with Gasteiger partial charge >= 0.3 is 0 Å². The van der Waals surface area contributed by atoms with Crippen molar-refractivity contribution < 1.29 is 9.84 Å². The normalized spacial score (nSPS) is 28.1. The summed E-state index contributed by atoms with van der Waals surface area (Å²) in [5.74, 6) is 1.04. The van der Waals surface area contributed by atoms with E-state index in [-0.39, 0.29) is 12.7 Å². The molecular formula is C14H19NO2. The molecule has 0 bridgehead atoms. The van der Waals surface area contributed by atoms with Crippen LogP contribution in [0, 0.1) is 0 Å². The van der Waals surface area contributed by atoms with Crippen molar-refractivity contribution in [2.75, 3.05) is 19.7 Å². The van der Waals surface area contributed by atoms with Gasteiger partial charge in [0.05, 0.1) is 6.61 Å². The lowest BCUT2D eigenvalue weighted by atomic mass is 10.1. The van der Waals surface area contributed by atoms with E-state index in [1.165, 1.54) is 12.0 Å². The van der Waals surface area contributed by atoms with Crippen molar-refractivity contribution in [2.24, 2.45) is 0 Å². The number of likely N-dealkylation sites (tertiary alicyclic amines) is 1. The number of benzene rings is 1. The first kappa shape index (κ1) is 11.1. The van der Waals surface area contributed by atoms with Crippen molar-refractivity contribution in [2.45, 2.75) is 31.4 Å². The van der Waals surface area contributed by atoms with E-state index in [0.29, 0.717) is 6.04 Å². The molecule has 1 aromatic rings. The first-order valence-corrected chi connectivity index (χ1v) is 6.46. The largest absolute Gasteiger partial charge is 0.488 e. The molecule has 1 N–H and O–H groups in total. The van der Waals surface area contributed by atoms with E-state index in [9.17, 15) is 5.11 Å². The van der Waals surface area contributed by atoms with E-state index in [1.807, 2.05) is 12.1 Å². The molecule has 0 saturated carbocycles. The highest BCUT2D eigenvalue weighted by atomic mass is 16.5. The molecule has 0 spiro atoms. The van der Waals surface area contributed by atoms with Crippen LogP contribution >= 0.6 is 0 Å². The Morgan fingerprint density at radius 2 is 2.24 bits per heavy atom. The minimum absolute atomic E-state index is 0.263. The van der Waals surface area contributed by atoms with Crippen molar-refractivity contribution in [3.8, 4) is 5.75 Å². The molecule has 0 aromatic heterocycles. The lowest BCUT2D eigenvalue weighted by Crippen LogP contribution is -2.39. The number of aliphatic hydroxyl groups is 1. The minimum Gasteiger partial charge on any atom is -0.488 e. The van der Waals surface area contributed by atoms with Gasteiger partial charge in [0.2, 0.25) is 0 Å². The standard InChI is InChI=1S/C14H19NO2/c16-10-12-5-3-7-15(12)9-13-8-11-4-1-2-6-14(11)17-13/h1-2,4,6,12-13,16H,3,5,7-10H2/t12-,13?/m0/s1. The monoisotopic (exact) mass is 233 g/mol. The molecule has 2 aliphatic rings. The fourth-order valence-electron chi connectivity index (χ4n) is 2.96. The second kappa shape index (κ2) is 4.67. The zero-order valence-corrected chi connectivity index (χ0v) is 10.0. The summed E-state index contributed by atoms with van der Waals surface area (Å²) < 4.78 is 5.94. The molecule has 3 heteroatoms. The summed E-state index contributed by atoms with van der Waals surface area (Å²) in [4.78, 5) is 2.37. The van der Waals surface area contributed by atoms with E-state index in [1.54, 1.807) is 0 Å². The third-order valence-electron chi connectivity index (χ3n) is 3.86. The maximum Gasteiger partial charge on any atom is 0.123 e. The van der Waals surface area contributed by atoms with Crippen LogP contribution in [0.1, 0.15) is 18.4 Å². The average molecular weight is 233 g/mol. The zero-order chi connectivity index (χ0) is 11.7. The fourth-order valence-corrected chi connectivity index (χ4v) is 2.96. The fraction of sp³-hybridized carbons (Fsp3) is 0.571. The first-order chi connectivity index (χ1) is 8.36. The Bertz CT molecular complexity index is 369. The Morgan fingerprint density at radius 1 is 1.35 bits per heavy atom. The molecule has 3 nitrogen and oxygen atoms in total. The third kappa shape index (κ3) is 2.17. The number of hydrogen-bond donors (Lipinski definition) is 1. The van der Waals surface area contributed by atoms with Gasteiger partial charge in [0.25, 0.3) is 0 Å². The Balaban J connectivity index is 1.62. The number of ether oxygens (including phenoxy) is 1. The highest BCUT2D eigenvalue weighted by Crippen LogP contribution is 2.29. The van der Waals surface area contributed by atoms with Crippen LogP contribution in [-0.4, -0.2) is 41.8 Å². The van der Waals surface area contributed by atoms with Crippen LogP contribution in [0.15, 0.2) is 24.3 Å². The van der Waals surface area contributed by atoms with Crippen LogP contribution in [0.4, 0.5) is 0 Å². The van der Waals surface area contributed by atoms with Crippen LogP contribution in [0.2, 0.25) is 0 Å². The molecule has 17 heavy (non-hydrogen) atoms. The number of nitrogens with zero attached hydrogens (tertiary/aromatic N) is 1. The van der Waals surface area contributed by atoms with Crippen LogP contribution in [0.3, 0.4) is 0 Å². The van der Waals surface area contributed by atoms with Gasteiger partial charge in [-0.1, -0.05) is 18.2 Å². The quantitative estimate of drug-likeness (QED) is 0.857. The molecule has 0 radical (unpaired) electrons. The highest BCUT2D eigenvalue weighted by molar-refractivity contribution is 5.37. The van der Waals surface area contributed by atoms with Gasteiger partial charge in [-0.2, -0.15) is 0 Å². The molecule has 2 heterocycles. The molecule has 1 saturated heterocycles. The summed E-state index contributed by atoms with van der Waals surface area (Å²) >= 11 is 0. The maximum absolute atomic E-state index is 9.30. The molecule has 1 aromatic carbocycles. The smallest absolute Gasteiger partial charge is 0.123 e. The van der Waals surface area contributed by atoms with Crippen molar-refractivity contribution in [3.63, 3.8) is 0 Å². The van der Waals surface area contributed by atoms with E-state index in [4.69, 9.17) is 4.74 Å². The molecule has 1 fully saturated rings. The molecule has 0 aliphatic carbocycles. The summed E-state index contributed by atoms with van der Waals surface area (Å²) in [6.45, 7) is 2.32. The topological polar surface area (TPSA) is 32.7 Å². The number of hydrogen-bond acceptors (Lipinski definition) is 3. The van der Waals surface area contributed by atoms with Gasteiger partial charge in [0, 0.05) is 19.0 Å². The predicted octanol–water partition coefficient (Wildman–Crippen LogP) is 1.45. The summed E-state index contributed by atoms with van der Waals surface area (Å²) in [5, 5.41) is 9.30. The zero-order valence-electron chi connectivity index (χ0n) is 10.0. The Labute approximate surface area is 102 Å². The average Bonchev–Trinajstić information content (AvgIpc) is 2.94. The molecule has 2 atom stereocenters. The third-order valence-corrected chi connectivity index (χ3v) is 3.86. The minimum atomic E-state index is 0.263. The first-order valence-electron chi connectivity index (χ1n) is 6.46. The molecular weight excluding hydrogens is 214 g/mol. The highest BCUT2D eigenvalue weighted by Gasteiger charge is 2.29.